The standard InChI is InChI=1S/C24H20F3N5O/c1-4-21-29-11-15-8-20(14(3)30-22(15)32-21)19-9-18(6-5-13(19)2)31-23(33)16-7-17(12-28-10-16)24(25,26)27/h5-12H,4H2,1-3H3,(H,31,33). The molecule has 6 nitrogen and oxygen atoms in total. The lowest BCUT2D eigenvalue weighted by Gasteiger charge is -2.13. The van der Waals surface area contributed by atoms with E-state index in [1.165, 1.54) is 0 Å². The number of carbonyl (C=O) groups excluding carboxylic acids is 1. The Balaban J connectivity index is 1.68. The number of amides is 1. The zero-order chi connectivity index (χ0) is 23.8. The first kappa shape index (κ1) is 22.3. The smallest absolute Gasteiger partial charge is 0.322 e. The van der Waals surface area contributed by atoms with Crippen molar-refractivity contribution in [1.29, 1.82) is 0 Å². The molecule has 9 heteroatoms. The number of nitrogens with zero attached hydrogens (tertiary/aromatic N) is 4. The summed E-state index contributed by atoms with van der Waals surface area (Å²) in [5.74, 6) is 0.0318. The molecular formula is C24H20F3N5O. The molecule has 0 unspecified atom stereocenters. The number of alkyl halides is 3. The van der Waals surface area contributed by atoms with Crippen LogP contribution in [-0.4, -0.2) is 25.8 Å². The third-order valence-electron chi connectivity index (χ3n) is 5.24. The third kappa shape index (κ3) is 4.67. The number of rotatable bonds is 4. The molecule has 0 aliphatic heterocycles. The first-order chi connectivity index (χ1) is 15.7. The van der Waals surface area contributed by atoms with E-state index in [1.54, 1.807) is 18.3 Å². The number of pyridine rings is 2. The van der Waals surface area contributed by atoms with Crippen LogP contribution in [0.4, 0.5) is 18.9 Å². The Hall–Kier alpha value is -3.88. The molecule has 0 atom stereocenters. The SMILES string of the molecule is CCc1ncc2cc(-c3cc(NC(=O)c4cncc(C(F)(F)F)c4)ccc3C)c(C)nc2n1. The highest BCUT2D eigenvalue weighted by Gasteiger charge is 2.31. The fourth-order valence-electron chi connectivity index (χ4n) is 3.44. The summed E-state index contributed by atoms with van der Waals surface area (Å²) in [4.78, 5) is 29.5. The van der Waals surface area contributed by atoms with Crippen molar-refractivity contribution in [3.05, 3.63) is 77.1 Å². The van der Waals surface area contributed by atoms with Gasteiger partial charge in [0.15, 0.2) is 5.65 Å². The molecule has 0 bridgehead atoms. The van der Waals surface area contributed by atoms with E-state index in [1.807, 2.05) is 32.9 Å². The molecule has 0 radical (unpaired) electrons. The predicted molar refractivity (Wildman–Crippen MR) is 119 cm³/mol. The molecule has 3 aromatic heterocycles. The lowest BCUT2D eigenvalue weighted by atomic mass is 9.98. The normalized spacial score (nSPS) is 11.6. The van der Waals surface area contributed by atoms with Crippen LogP contribution in [0.5, 0.6) is 0 Å². The van der Waals surface area contributed by atoms with Gasteiger partial charge in [-0.25, -0.2) is 15.0 Å². The van der Waals surface area contributed by atoms with Gasteiger partial charge in [0.2, 0.25) is 0 Å². The predicted octanol–water partition coefficient (Wildman–Crippen LogP) is 5.54. The van der Waals surface area contributed by atoms with Crippen molar-refractivity contribution in [2.45, 2.75) is 33.4 Å². The van der Waals surface area contributed by atoms with E-state index in [9.17, 15) is 18.0 Å². The topological polar surface area (TPSA) is 80.7 Å². The van der Waals surface area contributed by atoms with Gasteiger partial charge in [0.25, 0.3) is 5.91 Å². The van der Waals surface area contributed by atoms with Crippen molar-refractivity contribution < 1.29 is 18.0 Å². The largest absolute Gasteiger partial charge is 0.417 e. The van der Waals surface area contributed by atoms with Crippen LogP contribution in [0.15, 0.2) is 48.9 Å². The third-order valence-corrected chi connectivity index (χ3v) is 5.24. The summed E-state index contributed by atoms with van der Waals surface area (Å²) < 4.78 is 38.8. The Morgan fingerprint density at radius 3 is 2.52 bits per heavy atom. The van der Waals surface area contributed by atoms with Crippen LogP contribution in [0.2, 0.25) is 0 Å². The number of halogens is 3. The Labute approximate surface area is 188 Å². The summed E-state index contributed by atoms with van der Waals surface area (Å²) in [5, 5.41) is 3.44. The molecule has 4 rings (SSSR count). The molecule has 1 aromatic carbocycles. The maximum atomic E-state index is 12.9. The van der Waals surface area contributed by atoms with Crippen molar-refractivity contribution in [2.24, 2.45) is 0 Å². The molecule has 33 heavy (non-hydrogen) atoms. The number of nitrogens with one attached hydrogen (secondary N) is 1. The number of hydrogen-bond donors (Lipinski definition) is 1. The van der Waals surface area contributed by atoms with Crippen LogP contribution in [0.3, 0.4) is 0 Å². The molecule has 0 aliphatic carbocycles. The minimum Gasteiger partial charge on any atom is -0.322 e. The molecule has 0 saturated carbocycles. The summed E-state index contributed by atoms with van der Waals surface area (Å²) in [6, 6.07) is 8.01. The number of benzene rings is 1. The van der Waals surface area contributed by atoms with Crippen molar-refractivity contribution in [3.8, 4) is 11.1 Å². The molecule has 0 aliphatic rings. The van der Waals surface area contributed by atoms with Crippen molar-refractivity contribution >= 4 is 22.6 Å². The van der Waals surface area contributed by atoms with E-state index in [-0.39, 0.29) is 5.56 Å². The molecule has 1 amide bonds. The lowest BCUT2D eigenvalue weighted by molar-refractivity contribution is -0.137. The van der Waals surface area contributed by atoms with Gasteiger partial charge in [-0.1, -0.05) is 13.0 Å². The molecular weight excluding hydrogens is 431 g/mol. The summed E-state index contributed by atoms with van der Waals surface area (Å²) >= 11 is 0. The molecule has 4 aromatic rings. The Morgan fingerprint density at radius 2 is 1.79 bits per heavy atom. The van der Waals surface area contributed by atoms with Crippen LogP contribution in [0, 0.1) is 13.8 Å². The van der Waals surface area contributed by atoms with Gasteiger partial charge in [0.1, 0.15) is 5.82 Å². The number of hydrogen-bond acceptors (Lipinski definition) is 5. The van der Waals surface area contributed by atoms with Crippen LogP contribution in [0.1, 0.15) is 39.9 Å². The zero-order valence-electron chi connectivity index (χ0n) is 18.2. The van der Waals surface area contributed by atoms with Crippen LogP contribution in [-0.2, 0) is 12.6 Å². The van der Waals surface area contributed by atoms with Gasteiger partial charge < -0.3 is 5.32 Å². The van der Waals surface area contributed by atoms with Crippen molar-refractivity contribution in [1.82, 2.24) is 19.9 Å². The first-order valence-electron chi connectivity index (χ1n) is 10.2. The van der Waals surface area contributed by atoms with Crippen LogP contribution in [0.25, 0.3) is 22.2 Å². The fourth-order valence-corrected chi connectivity index (χ4v) is 3.44. The number of carbonyl (C=O) groups is 1. The van der Waals surface area contributed by atoms with Gasteiger partial charge in [-0.15, -0.1) is 0 Å². The quantitative estimate of drug-likeness (QED) is 0.441. The second kappa shape index (κ2) is 8.57. The molecule has 1 N–H and O–H groups in total. The fraction of sp³-hybridized carbons (Fsp3) is 0.208. The van der Waals surface area contributed by atoms with E-state index in [2.05, 4.69) is 25.3 Å². The van der Waals surface area contributed by atoms with Gasteiger partial charge in [0.05, 0.1) is 11.1 Å². The van der Waals surface area contributed by atoms with E-state index in [0.29, 0.717) is 29.8 Å². The highest BCUT2D eigenvalue weighted by atomic mass is 19.4. The van der Waals surface area contributed by atoms with Gasteiger partial charge in [-0.05, 0) is 49.2 Å². The van der Waals surface area contributed by atoms with Gasteiger partial charge >= 0.3 is 6.18 Å². The number of fused-ring (bicyclic) bond motifs is 1. The van der Waals surface area contributed by atoms with E-state index in [4.69, 9.17) is 0 Å². The van der Waals surface area contributed by atoms with Crippen molar-refractivity contribution in [2.75, 3.05) is 5.32 Å². The Kier molecular flexibility index (Phi) is 5.80. The maximum Gasteiger partial charge on any atom is 0.417 e. The monoisotopic (exact) mass is 451 g/mol. The van der Waals surface area contributed by atoms with E-state index >= 15 is 0 Å². The minimum atomic E-state index is -4.58. The van der Waals surface area contributed by atoms with Gasteiger partial charge in [-0.2, -0.15) is 13.2 Å². The molecule has 0 saturated heterocycles. The zero-order valence-corrected chi connectivity index (χ0v) is 18.2. The molecule has 0 fully saturated rings. The molecule has 168 valence electrons. The second-order valence-electron chi connectivity index (χ2n) is 7.62. The lowest BCUT2D eigenvalue weighted by Crippen LogP contribution is -2.14. The van der Waals surface area contributed by atoms with Crippen LogP contribution < -0.4 is 5.32 Å². The number of anilines is 1. The number of aryl methyl sites for hydroxylation is 3. The van der Waals surface area contributed by atoms with Crippen molar-refractivity contribution in [3.63, 3.8) is 0 Å². The number of aromatic nitrogens is 4. The summed E-state index contributed by atoms with van der Waals surface area (Å²) in [7, 11) is 0. The maximum absolute atomic E-state index is 12.9. The Bertz CT molecular complexity index is 1370. The summed E-state index contributed by atoms with van der Waals surface area (Å²) in [6.45, 7) is 5.78. The second-order valence-corrected chi connectivity index (χ2v) is 7.62. The Morgan fingerprint density at radius 1 is 1.00 bits per heavy atom. The molecule has 3 heterocycles. The van der Waals surface area contributed by atoms with E-state index in [0.717, 1.165) is 40.0 Å². The van der Waals surface area contributed by atoms with E-state index < -0.39 is 17.6 Å². The average Bonchev–Trinajstić information content (AvgIpc) is 2.79. The summed E-state index contributed by atoms with van der Waals surface area (Å²) in [5.41, 5.74) is 3.29. The highest BCUT2D eigenvalue weighted by molar-refractivity contribution is 6.04. The van der Waals surface area contributed by atoms with Gasteiger partial charge in [-0.3, -0.25) is 9.78 Å². The van der Waals surface area contributed by atoms with Gasteiger partial charge in [0, 0.05) is 47.3 Å². The average molecular weight is 451 g/mol. The summed E-state index contributed by atoms with van der Waals surface area (Å²) in [6.07, 6.45) is -0.354. The first-order valence-corrected chi connectivity index (χ1v) is 10.2. The van der Waals surface area contributed by atoms with Crippen LogP contribution >= 0.6 is 0 Å². The minimum absolute atomic E-state index is 0.181. The highest BCUT2D eigenvalue weighted by Crippen LogP contribution is 2.31. The molecule has 0 spiro atoms.